The van der Waals surface area contributed by atoms with Crippen molar-refractivity contribution in [3.05, 3.63) is 47.8 Å². The van der Waals surface area contributed by atoms with E-state index in [1.807, 2.05) is 10.9 Å². The molecule has 2 aromatic rings. The van der Waals surface area contributed by atoms with Crippen LogP contribution in [0, 0.1) is 0 Å². The molecule has 0 spiro atoms. The van der Waals surface area contributed by atoms with Crippen LogP contribution in [0.15, 0.2) is 36.7 Å². The van der Waals surface area contributed by atoms with E-state index in [0.29, 0.717) is 6.04 Å². The van der Waals surface area contributed by atoms with Crippen LogP contribution >= 0.6 is 0 Å². The lowest BCUT2D eigenvalue weighted by molar-refractivity contribution is 0.459. The first-order valence-corrected chi connectivity index (χ1v) is 7.59. The molecule has 106 valence electrons. The standard InChI is InChI=1S/C16H22N4/c1-3-8-15-14(6-1)7-2-4-9-16(15)17-10-5-12-20-13-11-18-19-20/h1,3,6,8,11,13,16-17H,2,4-5,7,9-10,12H2. The van der Waals surface area contributed by atoms with Gasteiger partial charge in [-0.1, -0.05) is 35.9 Å². The molecule has 1 unspecified atom stereocenters. The fourth-order valence-electron chi connectivity index (χ4n) is 3.00. The topological polar surface area (TPSA) is 42.7 Å². The quantitative estimate of drug-likeness (QED) is 0.671. The lowest BCUT2D eigenvalue weighted by Crippen LogP contribution is -2.23. The number of nitrogens with one attached hydrogen (secondary N) is 1. The summed E-state index contributed by atoms with van der Waals surface area (Å²) in [4.78, 5) is 0. The molecular weight excluding hydrogens is 248 g/mol. The fraction of sp³-hybridized carbons (Fsp3) is 0.500. The summed E-state index contributed by atoms with van der Waals surface area (Å²) < 4.78 is 1.89. The Kier molecular flexibility index (Phi) is 4.43. The largest absolute Gasteiger partial charge is 0.310 e. The molecule has 4 nitrogen and oxygen atoms in total. The van der Waals surface area contributed by atoms with Crippen LogP contribution in [-0.4, -0.2) is 21.5 Å². The molecule has 1 heterocycles. The average Bonchev–Trinajstić information content (AvgIpc) is 2.91. The fourth-order valence-corrected chi connectivity index (χ4v) is 3.00. The molecule has 0 radical (unpaired) electrons. The second kappa shape index (κ2) is 6.66. The lowest BCUT2D eigenvalue weighted by atomic mass is 9.99. The predicted octanol–water partition coefficient (Wildman–Crippen LogP) is 2.73. The molecule has 0 amide bonds. The van der Waals surface area contributed by atoms with Crippen molar-refractivity contribution in [1.29, 1.82) is 0 Å². The Labute approximate surface area is 120 Å². The highest BCUT2D eigenvalue weighted by Gasteiger charge is 2.17. The zero-order valence-corrected chi connectivity index (χ0v) is 11.8. The van der Waals surface area contributed by atoms with Gasteiger partial charge in [-0.3, -0.25) is 4.68 Å². The van der Waals surface area contributed by atoms with Crippen molar-refractivity contribution in [1.82, 2.24) is 20.3 Å². The van der Waals surface area contributed by atoms with Crippen molar-refractivity contribution >= 4 is 0 Å². The average molecular weight is 270 g/mol. The van der Waals surface area contributed by atoms with Gasteiger partial charge in [0.25, 0.3) is 0 Å². The minimum Gasteiger partial charge on any atom is -0.310 e. The molecule has 1 aromatic heterocycles. The van der Waals surface area contributed by atoms with Crippen molar-refractivity contribution in [3.8, 4) is 0 Å². The van der Waals surface area contributed by atoms with Gasteiger partial charge in [-0.05, 0) is 43.4 Å². The van der Waals surface area contributed by atoms with Gasteiger partial charge >= 0.3 is 0 Å². The highest BCUT2D eigenvalue weighted by Crippen LogP contribution is 2.28. The van der Waals surface area contributed by atoms with Crippen LogP contribution < -0.4 is 5.32 Å². The summed E-state index contributed by atoms with van der Waals surface area (Å²) in [6.07, 6.45) is 9.84. The number of aryl methyl sites for hydroxylation is 2. The van der Waals surface area contributed by atoms with E-state index < -0.39 is 0 Å². The molecule has 1 aliphatic rings. The van der Waals surface area contributed by atoms with E-state index in [2.05, 4.69) is 39.9 Å². The summed E-state index contributed by atoms with van der Waals surface area (Å²) in [5, 5.41) is 11.5. The van der Waals surface area contributed by atoms with Gasteiger partial charge in [0.15, 0.2) is 0 Å². The van der Waals surface area contributed by atoms with E-state index in [0.717, 1.165) is 19.5 Å². The Morgan fingerprint density at radius 1 is 1.25 bits per heavy atom. The number of hydrogen-bond donors (Lipinski definition) is 1. The van der Waals surface area contributed by atoms with Gasteiger partial charge in [-0.25, -0.2) is 0 Å². The summed E-state index contributed by atoms with van der Waals surface area (Å²) in [6.45, 7) is 1.96. The SMILES string of the molecule is c1ccc2c(c1)CCCCC2NCCCn1ccnn1. The van der Waals surface area contributed by atoms with Crippen LogP contribution in [0.4, 0.5) is 0 Å². The predicted molar refractivity (Wildman–Crippen MR) is 79.4 cm³/mol. The van der Waals surface area contributed by atoms with Crippen LogP contribution in [0.5, 0.6) is 0 Å². The zero-order valence-electron chi connectivity index (χ0n) is 11.8. The van der Waals surface area contributed by atoms with E-state index >= 15 is 0 Å². The lowest BCUT2D eigenvalue weighted by Gasteiger charge is -2.19. The molecule has 1 N–H and O–H groups in total. The minimum absolute atomic E-state index is 0.518. The van der Waals surface area contributed by atoms with Crippen molar-refractivity contribution in [2.45, 2.75) is 44.7 Å². The Morgan fingerprint density at radius 3 is 3.10 bits per heavy atom. The van der Waals surface area contributed by atoms with E-state index in [-0.39, 0.29) is 0 Å². The number of rotatable bonds is 5. The third kappa shape index (κ3) is 3.25. The van der Waals surface area contributed by atoms with Gasteiger partial charge in [0.1, 0.15) is 0 Å². The normalized spacial score (nSPS) is 18.5. The van der Waals surface area contributed by atoms with Gasteiger partial charge in [-0.2, -0.15) is 0 Å². The molecule has 1 aliphatic carbocycles. The van der Waals surface area contributed by atoms with E-state index in [1.54, 1.807) is 6.20 Å². The number of benzene rings is 1. The van der Waals surface area contributed by atoms with Crippen molar-refractivity contribution in [2.75, 3.05) is 6.54 Å². The summed E-state index contributed by atoms with van der Waals surface area (Å²) in [5.74, 6) is 0. The Bertz CT molecular complexity index is 521. The first-order valence-electron chi connectivity index (χ1n) is 7.59. The molecule has 0 saturated heterocycles. The van der Waals surface area contributed by atoms with E-state index in [9.17, 15) is 0 Å². The number of hydrogen-bond acceptors (Lipinski definition) is 3. The van der Waals surface area contributed by atoms with Crippen molar-refractivity contribution < 1.29 is 0 Å². The molecule has 3 rings (SSSR count). The second-order valence-corrected chi connectivity index (χ2v) is 5.47. The van der Waals surface area contributed by atoms with Gasteiger partial charge in [-0.15, -0.1) is 5.10 Å². The van der Waals surface area contributed by atoms with Gasteiger partial charge in [0.2, 0.25) is 0 Å². The summed E-state index contributed by atoms with van der Waals surface area (Å²) in [6, 6.07) is 9.41. The Balaban J connectivity index is 1.54. The summed E-state index contributed by atoms with van der Waals surface area (Å²) in [5.41, 5.74) is 3.03. The zero-order chi connectivity index (χ0) is 13.6. The third-order valence-corrected chi connectivity index (χ3v) is 4.05. The maximum atomic E-state index is 3.99. The maximum absolute atomic E-state index is 3.99. The molecule has 0 fully saturated rings. The van der Waals surface area contributed by atoms with Crippen LogP contribution in [0.25, 0.3) is 0 Å². The summed E-state index contributed by atoms with van der Waals surface area (Å²) >= 11 is 0. The van der Waals surface area contributed by atoms with Gasteiger partial charge in [0, 0.05) is 18.8 Å². The third-order valence-electron chi connectivity index (χ3n) is 4.05. The molecule has 4 heteroatoms. The van der Waals surface area contributed by atoms with E-state index in [4.69, 9.17) is 0 Å². The van der Waals surface area contributed by atoms with Crippen LogP contribution in [0.2, 0.25) is 0 Å². The maximum Gasteiger partial charge on any atom is 0.0692 e. The molecule has 20 heavy (non-hydrogen) atoms. The number of aromatic nitrogens is 3. The first kappa shape index (κ1) is 13.3. The number of nitrogens with zero attached hydrogens (tertiary/aromatic N) is 3. The van der Waals surface area contributed by atoms with Gasteiger partial charge in [0.05, 0.1) is 6.20 Å². The van der Waals surface area contributed by atoms with Crippen molar-refractivity contribution in [3.63, 3.8) is 0 Å². The monoisotopic (exact) mass is 270 g/mol. The second-order valence-electron chi connectivity index (χ2n) is 5.47. The van der Waals surface area contributed by atoms with Crippen molar-refractivity contribution in [2.24, 2.45) is 0 Å². The van der Waals surface area contributed by atoms with Crippen LogP contribution in [-0.2, 0) is 13.0 Å². The minimum atomic E-state index is 0.518. The summed E-state index contributed by atoms with van der Waals surface area (Å²) in [7, 11) is 0. The molecule has 1 aromatic carbocycles. The Hall–Kier alpha value is -1.68. The molecule has 0 saturated carbocycles. The molecule has 1 atom stereocenters. The van der Waals surface area contributed by atoms with Crippen LogP contribution in [0.1, 0.15) is 42.9 Å². The van der Waals surface area contributed by atoms with Crippen LogP contribution in [0.3, 0.4) is 0 Å². The first-order chi connectivity index (χ1) is 9.93. The van der Waals surface area contributed by atoms with E-state index in [1.165, 1.54) is 36.8 Å². The molecule has 0 bridgehead atoms. The highest BCUT2D eigenvalue weighted by atomic mass is 15.4. The highest BCUT2D eigenvalue weighted by molar-refractivity contribution is 5.31. The molecule has 0 aliphatic heterocycles. The number of fused-ring (bicyclic) bond motifs is 1. The molecular formula is C16H22N4. The Morgan fingerprint density at radius 2 is 2.20 bits per heavy atom. The van der Waals surface area contributed by atoms with Gasteiger partial charge < -0.3 is 5.32 Å². The smallest absolute Gasteiger partial charge is 0.0692 e.